The second-order valence-corrected chi connectivity index (χ2v) is 6.78. The Labute approximate surface area is 144 Å². The van der Waals surface area contributed by atoms with Crippen molar-refractivity contribution in [2.24, 2.45) is 0 Å². The molecule has 132 valence electrons. The largest absolute Gasteiger partial charge is 0.381 e. The van der Waals surface area contributed by atoms with E-state index in [1.54, 1.807) is 4.90 Å². The number of carbonyl (C=O) groups excluding carboxylic acids is 1. The Morgan fingerprint density at radius 1 is 1.04 bits per heavy atom. The number of benzene rings is 1. The summed E-state index contributed by atoms with van der Waals surface area (Å²) >= 11 is 0. The molecule has 1 amide bonds. The van der Waals surface area contributed by atoms with Crippen LogP contribution in [0.25, 0.3) is 0 Å². The fourth-order valence-corrected chi connectivity index (χ4v) is 3.74. The maximum atomic E-state index is 13.0. The van der Waals surface area contributed by atoms with Crippen molar-refractivity contribution in [3.8, 4) is 0 Å². The topological polar surface area (TPSA) is 52.0 Å². The molecule has 5 nitrogen and oxygen atoms in total. The molecule has 0 aromatic heterocycles. The molecule has 0 aliphatic carbocycles. The van der Waals surface area contributed by atoms with Crippen LogP contribution in [0, 0.1) is 0 Å². The Hall–Kier alpha value is -1.43. The smallest absolute Gasteiger partial charge is 0.230 e. The van der Waals surface area contributed by atoms with E-state index in [4.69, 9.17) is 9.47 Å². The molecule has 1 aromatic rings. The van der Waals surface area contributed by atoms with Gasteiger partial charge in [0.2, 0.25) is 5.91 Å². The molecule has 2 heterocycles. The normalized spacial score (nSPS) is 21.3. The van der Waals surface area contributed by atoms with Crippen molar-refractivity contribution >= 4 is 5.91 Å². The molecule has 0 saturated carbocycles. The fourth-order valence-electron chi connectivity index (χ4n) is 3.74. The third kappa shape index (κ3) is 4.15. The maximum absolute atomic E-state index is 13.0. The predicted molar refractivity (Wildman–Crippen MR) is 92.2 cm³/mol. The van der Waals surface area contributed by atoms with E-state index in [1.807, 2.05) is 18.2 Å². The van der Waals surface area contributed by atoms with Gasteiger partial charge in [0.05, 0.1) is 25.2 Å². The van der Waals surface area contributed by atoms with Crippen molar-refractivity contribution in [3.63, 3.8) is 0 Å². The molecule has 1 aromatic carbocycles. The predicted octanol–water partition coefficient (Wildman–Crippen LogP) is 0.156. The minimum absolute atomic E-state index is 0.161. The molecule has 0 bridgehead atoms. The maximum Gasteiger partial charge on any atom is 0.230 e. The van der Waals surface area contributed by atoms with Crippen molar-refractivity contribution in [2.75, 3.05) is 52.6 Å². The number of quaternary nitrogens is 1. The third-order valence-corrected chi connectivity index (χ3v) is 5.30. The number of amides is 1. The number of hydrogen-bond donors (Lipinski definition) is 2. The van der Waals surface area contributed by atoms with Crippen LogP contribution in [-0.4, -0.2) is 58.5 Å². The van der Waals surface area contributed by atoms with Crippen LogP contribution in [0.2, 0.25) is 0 Å². The van der Waals surface area contributed by atoms with Crippen molar-refractivity contribution in [3.05, 3.63) is 35.9 Å². The van der Waals surface area contributed by atoms with Gasteiger partial charge in [0.15, 0.2) is 0 Å². The van der Waals surface area contributed by atoms with Crippen LogP contribution in [-0.2, 0) is 19.7 Å². The summed E-state index contributed by atoms with van der Waals surface area (Å²) < 4.78 is 10.9. The molecule has 0 atom stereocenters. The lowest BCUT2D eigenvalue weighted by Gasteiger charge is -2.36. The highest BCUT2D eigenvalue weighted by molar-refractivity contribution is 5.88. The van der Waals surface area contributed by atoms with Crippen molar-refractivity contribution in [2.45, 2.75) is 24.7 Å². The Morgan fingerprint density at radius 3 is 2.42 bits per heavy atom. The first-order chi connectivity index (χ1) is 11.8. The zero-order valence-electron chi connectivity index (χ0n) is 14.4. The number of ether oxygens (including phenoxy) is 2. The van der Waals surface area contributed by atoms with E-state index < -0.39 is 5.41 Å². The van der Waals surface area contributed by atoms with E-state index in [1.165, 1.54) is 0 Å². The van der Waals surface area contributed by atoms with Gasteiger partial charge in [0.1, 0.15) is 13.1 Å². The molecule has 2 aliphatic heterocycles. The summed E-state index contributed by atoms with van der Waals surface area (Å²) in [4.78, 5) is 14.6. The first-order valence-electron chi connectivity index (χ1n) is 9.14. The molecular weight excluding hydrogens is 304 g/mol. The Balaban J connectivity index is 1.54. The molecular formula is C19H29N2O3+. The first-order valence-corrected chi connectivity index (χ1v) is 9.14. The van der Waals surface area contributed by atoms with E-state index in [9.17, 15) is 4.79 Å². The molecule has 2 fully saturated rings. The average molecular weight is 333 g/mol. The fraction of sp³-hybridized carbons (Fsp3) is 0.632. The summed E-state index contributed by atoms with van der Waals surface area (Å²) in [6, 6.07) is 10.2. The molecule has 2 N–H and O–H groups in total. The van der Waals surface area contributed by atoms with Gasteiger partial charge < -0.3 is 19.7 Å². The number of morpholine rings is 1. The summed E-state index contributed by atoms with van der Waals surface area (Å²) in [6.45, 7) is 7.04. The van der Waals surface area contributed by atoms with Gasteiger partial charge in [-0.1, -0.05) is 30.3 Å². The van der Waals surface area contributed by atoms with Crippen LogP contribution in [0.5, 0.6) is 0 Å². The molecule has 3 rings (SSSR count). The van der Waals surface area contributed by atoms with Crippen LogP contribution < -0.4 is 10.2 Å². The quantitative estimate of drug-likeness (QED) is 0.729. The molecule has 0 radical (unpaired) electrons. The monoisotopic (exact) mass is 333 g/mol. The van der Waals surface area contributed by atoms with Gasteiger partial charge in [-0.05, 0) is 18.4 Å². The summed E-state index contributed by atoms with van der Waals surface area (Å²) in [5.74, 6) is 0.161. The van der Waals surface area contributed by atoms with Crippen molar-refractivity contribution in [1.29, 1.82) is 0 Å². The van der Waals surface area contributed by atoms with Crippen molar-refractivity contribution in [1.82, 2.24) is 5.32 Å². The summed E-state index contributed by atoms with van der Waals surface area (Å²) in [5.41, 5.74) is 0.690. The van der Waals surface area contributed by atoms with Gasteiger partial charge in [0.25, 0.3) is 0 Å². The van der Waals surface area contributed by atoms with Crippen molar-refractivity contribution < 1.29 is 19.2 Å². The van der Waals surface area contributed by atoms with Crippen LogP contribution in [0.15, 0.2) is 30.3 Å². The van der Waals surface area contributed by atoms with Crippen LogP contribution in [0.3, 0.4) is 0 Å². The molecule has 0 unspecified atom stereocenters. The van der Waals surface area contributed by atoms with E-state index >= 15 is 0 Å². The SMILES string of the molecule is O=C(NCCC[NH+]1CCOCC1)C1(c2ccccc2)CCOCC1. The standard InChI is InChI=1S/C19H28N2O3/c22-18(20-9-4-10-21-11-15-24-16-12-21)19(7-13-23-14-8-19)17-5-2-1-3-6-17/h1-3,5-6H,4,7-16H2,(H,20,22)/p+1. The molecule has 5 heteroatoms. The highest BCUT2D eigenvalue weighted by atomic mass is 16.5. The Kier molecular flexibility index (Phi) is 6.24. The van der Waals surface area contributed by atoms with E-state index in [0.29, 0.717) is 13.2 Å². The number of nitrogens with one attached hydrogen (secondary N) is 2. The average Bonchev–Trinajstić information content (AvgIpc) is 2.67. The van der Waals surface area contributed by atoms with Gasteiger partial charge in [-0.25, -0.2) is 0 Å². The van der Waals surface area contributed by atoms with Gasteiger partial charge in [-0.15, -0.1) is 0 Å². The van der Waals surface area contributed by atoms with E-state index in [2.05, 4.69) is 17.4 Å². The Bertz CT molecular complexity index is 509. The zero-order valence-corrected chi connectivity index (χ0v) is 14.4. The van der Waals surface area contributed by atoms with Crippen LogP contribution >= 0.6 is 0 Å². The summed E-state index contributed by atoms with van der Waals surface area (Å²) in [5, 5.41) is 3.19. The highest BCUT2D eigenvalue weighted by Gasteiger charge is 2.41. The molecule has 0 spiro atoms. The molecule has 2 aliphatic rings. The minimum atomic E-state index is -0.425. The number of carbonyl (C=O) groups is 1. The van der Waals surface area contributed by atoms with E-state index in [-0.39, 0.29) is 5.91 Å². The first kappa shape index (κ1) is 17.4. The second-order valence-electron chi connectivity index (χ2n) is 6.78. The van der Waals surface area contributed by atoms with Gasteiger partial charge >= 0.3 is 0 Å². The minimum Gasteiger partial charge on any atom is -0.381 e. The van der Waals surface area contributed by atoms with Crippen LogP contribution in [0.1, 0.15) is 24.8 Å². The number of rotatable bonds is 6. The van der Waals surface area contributed by atoms with Gasteiger partial charge in [-0.2, -0.15) is 0 Å². The molecule has 2 saturated heterocycles. The summed E-state index contributed by atoms with van der Waals surface area (Å²) in [6.07, 6.45) is 2.54. The Morgan fingerprint density at radius 2 is 1.71 bits per heavy atom. The van der Waals surface area contributed by atoms with E-state index in [0.717, 1.165) is 64.2 Å². The van der Waals surface area contributed by atoms with Gasteiger partial charge in [-0.3, -0.25) is 4.79 Å². The lowest BCUT2D eigenvalue weighted by atomic mass is 9.73. The summed E-state index contributed by atoms with van der Waals surface area (Å²) in [7, 11) is 0. The second kappa shape index (κ2) is 8.60. The lowest BCUT2D eigenvalue weighted by Crippen LogP contribution is -3.14. The van der Waals surface area contributed by atoms with Crippen LogP contribution in [0.4, 0.5) is 0 Å². The highest BCUT2D eigenvalue weighted by Crippen LogP contribution is 2.35. The van der Waals surface area contributed by atoms with Gasteiger partial charge in [0, 0.05) is 26.2 Å². The lowest BCUT2D eigenvalue weighted by molar-refractivity contribution is -0.908. The third-order valence-electron chi connectivity index (χ3n) is 5.30. The zero-order chi connectivity index (χ0) is 16.7. The molecule has 24 heavy (non-hydrogen) atoms. The number of hydrogen-bond acceptors (Lipinski definition) is 3.